The Morgan fingerprint density at radius 3 is 2.34 bits per heavy atom. The summed E-state index contributed by atoms with van der Waals surface area (Å²) in [6.45, 7) is 1.71. The lowest BCUT2D eigenvalue weighted by Crippen LogP contribution is -2.31. The predicted octanol–water partition coefficient (Wildman–Crippen LogP) is 4.51. The molecule has 1 fully saturated rings. The van der Waals surface area contributed by atoms with E-state index in [-0.39, 0.29) is 34.2 Å². The Bertz CT molecular complexity index is 1460. The molecule has 1 amide bonds. The number of carbonyl (C=O) groups is 1. The van der Waals surface area contributed by atoms with Crippen LogP contribution in [-0.4, -0.2) is 25.1 Å². The molecule has 0 unspecified atom stereocenters. The van der Waals surface area contributed by atoms with Gasteiger partial charge in [-0.25, -0.2) is 8.42 Å². The first-order valence-electron chi connectivity index (χ1n) is 10.9. The van der Waals surface area contributed by atoms with Crippen LogP contribution in [0.3, 0.4) is 0 Å². The number of aromatic nitrogens is 1. The number of pyridine rings is 1. The molecular formula is C25H23F3N2O4S. The van der Waals surface area contributed by atoms with Crippen molar-refractivity contribution in [3.63, 3.8) is 0 Å². The van der Waals surface area contributed by atoms with Crippen LogP contribution in [0.15, 0.2) is 64.4 Å². The van der Waals surface area contributed by atoms with Crippen LogP contribution in [0.2, 0.25) is 0 Å². The van der Waals surface area contributed by atoms with Crippen LogP contribution >= 0.6 is 0 Å². The summed E-state index contributed by atoms with van der Waals surface area (Å²) >= 11 is 0. The van der Waals surface area contributed by atoms with Crippen LogP contribution < -0.4 is 10.7 Å². The molecule has 2 aromatic carbocycles. The molecule has 0 aliphatic heterocycles. The van der Waals surface area contributed by atoms with E-state index < -0.39 is 32.9 Å². The second-order valence-corrected chi connectivity index (χ2v) is 10.7. The van der Waals surface area contributed by atoms with E-state index in [1.165, 1.54) is 30.5 Å². The average molecular weight is 505 g/mol. The van der Waals surface area contributed by atoms with Crippen LogP contribution in [-0.2, 0) is 22.6 Å². The summed E-state index contributed by atoms with van der Waals surface area (Å²) in [6, 6.07) is 10.6. The van der Waals surface area contributed by atoms with Crippen LogP contribution in [0.4, 0.5) is 13.2 Å². The number of rotatable bonds is 6. The number of sulfone groups is 1. The van der Waals surface area contributed by atoms with Crippen molar-refractivity contribution in [3.05, 3.63) is 87.3 Å². The minimum absolute atomic E-state index is 0.0402. The molecule has 1 aromatic heterocycles. The molecule has 6 nitrogen and oxygen atoms in total. The van der Waals surface area contributed by atoms with E-state index in [9.17, 15) is 31.2 Å². The van der Waals surface area contributed by atoms with Gasteiger partial charge in [-0.2, -0.15) is 13.2 Å². The van der Waals surface area contributed by atoms with Gasteiger partial charge in [-0.15, -0.1) is 0 Å². The third-order valence-electron chi connectivity index (χ3n) is 5.96. The van der Waals surface area contributed by atoms with E-state index in [2.05, 4.69) is 5.32 Å². The zero-order valence-electron chi connectivity index (χ0n) is 19.0. The fourth-order valence-electron chi connectivity index (χ4n) is 3.94. The number of hydrogen-bond acceptors (Lipinski definition) is 4. The van der Waals surface area contributed by atoms with Gasteiger partial charge in [0.1, 0.15) is 5.56 Å². The van der Waals surface area contributed by atoms with Crippen molar-refractivity contribution in [2.75, 3.05) is 6.26 Å². The highest BCUT2D eigenvalue weighted by atomic mass is 32.2. The molecule has 0 bridgehead atoms. The van der Waals surface area contributed by atoms with Gasteiger partial charge in [0.25, 0.3) is 5.91 Å². The van der Waals surface area contributed by atoms with Gasteiger partial charge in [-0.05, 0) is 55.2 Å². The second-order valence-electron chi connectivity index (χ2n) is 8.65. The van der Waals surface area contributed by atoms with Gasteiger partial charge in [0.15, 0.2) is 9.84 Å². The maximum Gasteiger partial charge on any atom is 0.416 e. The summed E-state index contributed by atoms with van der Waals surface area (Å²) in [5.41, 5.74) is -0.399. The highest BCUT2D eigenvalue weighted by Crippen LogP contribution is 2.38. The lowest BCUT2D eigenvalue weighted by Gasteiger charge is -2.17. The molecule has 35 heavy (non-hydrogen) atoms. The van der Waals surface area contributed by atoms with Crippen LogP contribution in [0.5, 0.6) is 0 Å². The molecule has 0 atom stereocenters. The summed E-state index contributed by atoms with van der Waals surface area (Å²) in [5, 5.41) is 2.65. The minimum Gasteiger partial charge on any atom is -0.348 e. The molecule has 1 aliphatic carbocycles. The fraction of sp³-hybridized carbons (Fsp3) is 0.280. The zero-order chi connectivity index (χ0) is 25.5. The number of amides is 1. The normalized spacial score (nSPS) is 14.1. The molecule has 1 saturated carbocycles. The molecular weight excluding hydrogens is 481 g/mol. The maximum atomic E-state index is 13.3. The molecule has 1 aliphatic rings. The van der Waals surface area contributed by atoms with Crippen molar-refractivity contribution in [2.45, 2.75) is 43.4 Å². The first-order valence-corrected chi connectivity index (χ1v) is 12.8. The number of nitrogens with one attached hydrogen (secondary N) is 1. The van der Waals surface area contributed by atoms with Gasteiger partial charge < -0.3 is 9.88 Å². The summed E-state index contributed by atoms with van der Waals surface area (Å²) in [4.78, 5) is 26.5. The number of benzene rings is 2. The highest BCUT2D eigenvalue weighted by Gasteiger charge is 2.32. The SMILES string of the molecule is Cc1c(-c2cccc(C(F)(F)F)c2)c(=O)c(C(=O)NCc2ccc(S(C)(=O)=O)cc2)cn1C1CC1. The first-order chi connectivity index (χ1) is 16.4. The number of nitrogens with zero attached hydrogens (tertiary/aromatic N) is 1. The summed E-state index contributed by atoms with van der Waals surface area (Å²) < 4.78 is 64.8. The monoisotopic (exact) mass is 504 g/mol. The van der Waals surface area contributed by atoms with Crippen molar-refractivity contribution in [2.24, 2.45) is 0 Å². The average Bonchev–Trinajstić information content (AvgIpc) is 3.62. The molecule has 0 radical (unpaired) electrons. The molecule has 0 spiro atoms. The Labute approximate surface area is 200 Å². The van der Waals surface area contributed by atoms with Crippen LogP contribution in [0.1, 0.15) is 46.1 Å². The third-order valence-corrected chi connectivity index (χ3v) is 7.09. The van der Waals surface area contributed by atoms with Gasteiger partial charge in [-0.3, -0.25) is 9.59 Å². The number of carbonyl (C=O) groups excluding carboxylic acids is 1. The predicted molar refractivity (Wildman–Crippen MR) is 125 cm³/mol. The molecule has 4 rings (SSSR count). The Kier molecular flexibility index (Phi) is 6.35. The van der Waals surface area contributed by atoms with E-state index in [4.69, 9.17) is 0 Å². The molecule has 10 heteroatoms. The molecule has 184 valence electrons. The Balaban J connectivity index is 1.69. The van der Waals surface area contributed by atoms with Gasteiger partial charge in [0.2, 0.25) is 5.43 Å². The van der Waals surface area contributed by atoms with Crippen LogP contribution in [0.25, 0.3) is 11.1 Å². The Morgan fingerprint density at radius 1 is 1.11 bits per heavy atom. The standard InChI is InChI=1S/C25H23F3N2O4S/c1-15-22(17-4-3-5-18(12-17)25(26,27)28)23(31)21(14-30(15)19-8-9-19)24(32)29-13-16-6-10-20(11-7-16)35(2,33)34/h3-7,10-12,14,19H,8-9,13H2,1-2H3,(H,29,32). The maximum absolute atomic E-state index is 13.3. The molecule has 3 aromatic rings. The van der Waals surface area contributed by atoms with E-state index >= 15 is 0 Å². The lowest BCUT2D eigenvalue weighted by atomic mass is 9.98. The molecule has 0 saturated heterocycles. The van der Waals surface area contributed by atoms with Crippen molar-refractivity contribution < 1.29 is 26.4 Å². The van der Waals surface area contributed by atoms with Crippen molar-refractivity contribution >= 4 is 15.7 Å². The number of hydrogen-bond donors (Lipinski definition) is 1. The Hall–Kier alpha value is -3.40. The summed E-state index contributed by atoms with van der Waals surface area (Å²) in [5.74, 6) is -0.662. The fourth-order valence-corrected chi connectivity index (χ4v) is 4.57. The minimum atomic E-state index is -4.57. The Morgan fingerprint density at radius 2 is 1.77 bits per heavy atom. The van der Waals surface area contributed by atoms with E-state index in [1.54, 1.807) is 23.6 Å². The third kappa shape index (κ3) is 5.32. The van der Waals surface area contributed by atoms with Crippen molar-refractivity contribution in [1.82, 2.24) is 9.88 Å². The topological polar surface area (TPSA) is 85.2 Å². The smallest absolute Gasteiger partial charge is 0.348 e. The van der Waals surface area contributed by atoms with Crippen molar-refractivity contribution in [1.29, 1.82) is 0 Å². The first kappa shape index (κ1) is 24.7. The van der Waals surface area contributed by atoms with Gasteiger partial charge >= 0.3 is 6.18 Å². The quantitative estimate of drug-likeness (QED) is 0.535. The lowest BCUT2D eigenvalue weighted by molar-refractivity contribution is -0.137. The summed E-state index contributed by atoms with van der Waals surface area (Å²) in [6.07, 6.45) is -0.317. The van der Waals surface area contributed by atoms with E-state index in [1.807, 2.05) is 0 Å². The second kappa shape index (κ2) is 8.99. The van der Waals surface area contributed by atoms with E-state index in [0.29, 0.717) is 11.3 Å². The van der Waals surface area contributed by atoms with Gasteiger partial charge in [0, 0.05) is 36.3 Å². The van der Waals surface area contributed by atoms with Crippen LogP contribution in [0, 0.1) is 6.92 Å². The highest BCUT2D eigenvalue weighted by molar-refractivity contribution is 7.90. The number of alkyl halides is 3. The van der Waals surface area contributed by atoms with Gasteiger partial charge in [0.05, 0.1) is 10.5 Å². The van der Waals surface area contributed by atoms with Crippen molar-refractivity contribution in [3.8, 4) is 11.1 Å². The van der Waals surface area contributed by atoms with Gasteiger partial charge in [-0.1, -0.05) is 24.3 Å². The number of halogens is 3. The molecule has 1 heterocycles. The largest absolute Gasteiger partial charge is 0.416 e. The summed E-state index contributed by atoms with van der Waals surface area (Å²) in [7, 11) is -3.36. The molecule has 1 N–H and O–H groups in total. The zero-order valence-corrected chi connectivity index (χ0v) is 19.8. The van der Waals surface area contributed by atoms with E-state index in [0.717, 1.165) is 31.2 Å².